The van der Waals surface area contributed by atoms with Crippen LogP contribution in [0, 0.1) is 0 Å². The van der Waals surface area contributed by atoms with E-state index in [1.807, 2.05) is 53.4 Å². The zero-order chi connectivity index (χ0) is 21.8. The predicted octanol–water partition coefficient (Wildman–Crippen LogP) is 3.79. The van der Waals surface area contributed by atoms with Crippen molar-refractivity contribution in [1.82, 2.24) is 15.5 Å². The van der Waals surface area contributed by atoms with Gasteiger partial charge in [0.1, 0.15) is 17.5 Å². The van der Waals surface area contributed by atoms with E-state index in [2.05, 4.69) is 16.7 Å². The van der Waals surface area contributed by atoms with E-state index in [1.165, 1.54) is 0 Å². The molecule has 1 unspecified atom stereocenters. The Balaban J connectivity index is 1.53. The summed E-state index contributed by atoms with van der Waals surface area (Å²) in [5.41, 5.74) is 1.08. The second-order valence-corrected chi connectivity index (χ2v) is 8.48. The molecule has 2 aromatic rings. The van der Waals surface area contributed by atoms with E-state index >= 15 is 0 Å². The van der Waals surface area contributed by atoms with Gasteiger partial charge in [-0.05, 0) is 75.9 Å². The van der Waals surface area contributed by atoms with E-state index < -0.39 is 6.04 Å². The zero-order valence-electron chi connectivity index (χ0n) is 18.2. The highest BCUT2D eigenvalue weighted by molar-refractivity contribution is 5.90. The van der Waals surface area contributed by atoms with Crippen LogP contribution in [-0.2, 0) is 9.59 Å². The summed E-state index contributed by atoms with van der Waals surface area (Å²) in [6.45, 7) is 1.80. The minimum absolute atomic E-state index is 0.0102. The number of carbonyl (C=O) groups excluding carboxylic acids is 2. The number of amides is 2. The van der Waals surface area contributed by atoms with Gasteiger partial charge in [-0.15, -0.1) is 0 Å². The minimum atomic E-state index is -0.461. The third kappa shape index (κ3) is 4.74. The average molecular weight is 422 g/mol. The first-order valence-electron chi connectivity index (χ1n) is 11.2. The van der Waals surface area contributed by atoms with Gasteiger partial charge in [0.25, 0.3) is 0 Å². The number of fused-ring (bicyclic) bond motifs is 1. The topological polar surface area (TPSA) is 70.7 Å². The van der Waals surface area contributed by atoms with Crippen molar-refractivity contribution in [2.24, 2.45) is 0 Å². The van der Waals surface area contributed by atoms with Crippen LogP contribution in [0.15, 0.2) is 54.6 Å². The standard InChI is InChI=1S/C25H31N3O3/c1-17(26-2)24(29)27-22-13-7-9-19-14-15-23(28(19)25(22)30)18-8-6-12-21(16-18)31-20-10-4-3-5-11-20/h3-6,8,10-12,16-17,19,22-23,26H,7,9,13-15H2,1-2H3,(H,27,29)/t17?,19-,22-,23-/m0/s1. The van der Waals surface area contributed by atoms with Crippen molar-refractivity contribution in [2.45, 2.75) is 63.2 Å². The Hall–Kier alpha value is -2.86. The van der Waals surface area contributed by atoms with Gasteiger partial charge in [-0.25, -0.2) is 0 Å². The summed E-state index contributed by atoms with van der Waals surface area (Å²) in [4.78, 5) is 27.9. The molecular weight excluding hydrogens is 390 g/mol. The molecule has 2 fully saturated rings. The molecule has 6 heteroatoms. The molecule has 2 saturated heterocycles. The SMILES string of the molecule is CNC(C)C(=O)N[C@H]1CCC[C@H]2CC[C@@H](c3cccc(Oc4ccccc4)c3)N2C1=O. The molecule has 2 aliphatic heterocycles. The highest BCUT2D eigenvalue weighted by atomic mass is 16.5. The lowest BCUT2D eigenvalue weighted by Gasteiger charge is -2.32. The maximum Gasteiger partial charge on any atom is 0.245 e. The number of hydrogen-bond donors (Lipinski definition) is 2. The van der Waals surface area contributed by atoms with Crippen LogP contribution < -0.4 is 15.4 Å². The molecule has 4 rings (SSSR count). The molecular formula is C25H31N3O3. The largest absolute Gasteiger partial charge is 0.457 e. The van der Waals surface area contributed by atoms with Gasteiger partial charge in [0.2, 0.25) is 11.8 Å². The number of nitrogens with zero attached hydrogens (tertiary/aromatic N) is 1. The first-order valence-corrected chi connectivity index (χ1v) is 11.2. The molecule has 2 N–H and O–H groups in total. The Morgan fingerprint density at radius 3 is 2.58 bits per heavy atom. The fourth-order valence-corrected chi connectivity index (χ4v) is 4.66. The second-order valence-electron chi connectivity index (χ2n) is 8.48. The molecule has 0 spiro atoms. The van der Waals surface area contributed by atoms with Crippen LogP contribution in [0.2, 0.25) is 0 Å². The molecule has 0 aliphatic carbocycles. The van der Waals surface area contributed by atoms with Gasteiger partial charge >= 0.3 is 0 Å². The van der Waals surface area contributed by atoms with Gasteiger partial charge in [0.15, 0.2) is 0 Å². The van der Waals surface area contributed by atoms with Gasteiger partial charge in [-0.2, -0.15) is 0 Å². The highest BCUT2D eigenvalue weighted by Gasteiger charge is 2.42. The first kappa shape index (κ1) is 21.4. The number of nitrogens with one attached hydrogen (secondary N) is 2. The van der Waals surface area contributed by atoms with Gasteiger partial charge < -0.3 is 20.3 Å². The Morgan fingerprint density at radius 2 is 1.81 bits per heavy atom. The molecule has 0 radical (unpaired) electrons. The fraction of sp³-hybridized carbons (Fsp3) is 0.440. The van der Waals surface area contributed by atoms with Crippen molar-refractivity contribution in [3.63, 3.8) is 0 Å². The van der Waals surface area contributed by atoms with Gasteiger partial charge in [0.05, 0.1) is 12.1 Å². The van der Waals surface area contributed by atoms with Crippen LogP contribution in [0.3, 0.4) is 0 Å². The summed E-state index contributed by atoms with van der Waals surface area (Å²) in [7, 11) is 1.75. The summed E-state index contributed by atoms with van der Waals surface area (Å²) in [6.07, 6.45) is 4.54. The van der Waals surface area contributed by atoms with E-state index in [1.54, 1.807) is 14.0 Å². The Labute approximate surface area is 184 Å². The number of rotatable bonds is 6. The van der Waals surface area contributed by atoms with Crippen LogP contribution in [-0.4, -0.2) is 41.9 Å². The third-order valence-electron chi connectivity index (χ3n) is 6.45. The lowest BCUT2D eigenvalue weighted by Crippen LogP contribution is -2.52. The van der Waals surface area contributed by atoms with E-state index in [0.29, 0.717) is 6.42 Å². The normalized spacial score (nSPS) is 24.3. The number of carbonyl (C=O) groups is 2. The van der Waals surface area contributed by atoms with E-state index in [-0.39, 0.29) is 29.9 Å². The average Bonchev–Trinajstić information content (AvgIpc) is 3.15. The Morgan fingerprint density at radius 1 is 1.03 bits per heavy atom. The van der Waals surface area contributed by atoms with Crippen molar-refractivity contribution < 1.29 is 14.3 Å². The molecule has 2 aromatic carbocycles. The quantitative estimate of drug-likeness (QED) is 0.745. The van der Waals surface area contributed by atoms with Crippen molar-refractivity contribution >= 4 is 11.8 Å². The van der Waals surface area contributed by atoms with Crippen LogP contribution in [0.25, 0.3) is 0 Å². The van der Waals surface area contributed by atoms with Crippen molar-refractivity contribution in [1.29, 1.82) is 0 Å². The molecule has 31 heavy (non-hydrogen) atoms. The molecule has 2 aliphatic rings. The molecule has 164 valence electrons. The number of likely N-dealkylation sites (N-methyl/N-ethyl adjacent to an activating group) is 1. The van der Waals surface area contributed by atoms with E-state index in [0.717, 1.165) is 42.7 Å². The number of benzene rings is 2. The summed E-state index contributed by atoms with van der Waals surface area (Å²) >= 11 is 0. The van der Waals surface area contributed by atoms with Gasteiger partial charge in [0, 0.05) is 6.04 Å². The maximum atomic E-state index is 13.5. The van der Waals surface area contributed by atoms with Gasteiger partial charge in [-0.1, -0.05) is 30.3 Å². The number of ether oxygens (including phenoxy) is 1. The summed E-state index contributed by atoms with van der Waals surface area (Å²) in [5, 5.41) is 5.91. The van der Waals surface area contributed by atoms with Crippen LogP contribution in [0.4, 0.5) is 0 Å². The van der Waals surface area contributed by atoms with E-state index in [4.69, 9.17) is 4.74 Å². The maximum absolute atomic E-state index is 13.5. The third-order valence-corrected chi connectivity index (χ3v) is 6.45. The predicted molar refractivity (Wildman–Crippen MR) is 120 cm³/mol. The van der Waals surface area contributed by atoms with Crippen LogP contribution >= 0.6 is 0 Å². The smallest absolute Gasteiger partial charge is 0.245 e. The fourth-order valence-electron chi connectivity index (χ4n) is 4.66. The Bertz CT molecular complexity index is 917. The number of para-hydroxylation sites is 1. The summed E-state index contributed by atoms with van der Waals surface area (Å²) in [6, 6.07) is 17.2. The molecule has 2 heterocycles. The zero-order valence-corrected chi connectivity index (χ0v) is 18.2. The molecule has 0 bridgehead atoms. The van der Waals surface area contributed by atoms with Crippen LogP contribution in [0.1, 0.15) is 50.6 Å². The van der Waals surface area contributed by atoms with Crippen molar-refractivity contribution in [3.8, 4) is 11.5 Å². The van der Waals surface area contributed by atoms with Gasteiger partial charge in [-0.3, -0.25) is 9.59 Å². The van der Waals surface area contributed by atoms with Crippen molar-refractivity contribution in [2.75, 3.05) is 7.05 Å². The van der Waals surface area contributed by atoms with E-state index in [9.17, 15) is 9.59 Å². The summed E-state index contributed by atoms with van der Waals surface area (Å²) in [5.74, 6) is 1.46. The number of hydrogen-bond acceptors (Lipinski definition) is 4. The molecule has 6 nitrogen and oxygen atoms in total. The lowest BCUT2D eigenvalue weighted by atomic mass is 10.0. The molecule has 2 amide bonds. The molecule has 0 saturated carbocycles. The lowest BCUT2D eigenvalue weighted by molar-refractivity contribution is -0.138. The van der Waals surface area contributed by atoms with Crippen molar-refractivity contribution in [3.05, 3.63) is 60.2 Å². The second kappa shape index (κ2) is 9.52. The van der Waals surface area contributed by atoms with Crippen LogP contribution in [0.5, 0.6) is 11.5 Å². The summed E-state index contributed by atoms with van der Waals surface area (Å²) < 4.78 is 6.01. The minimum Gasteiger partial charge on any atom is -0.457 e. The first-order chi connectivity index (χ1) is 15.1. The highest BCUT2D eigenvalue weighted by Crippen LogP contribution is 2.41. The molecule has 0 aromatic heterocycles. The Kier molecular flexibility index (Phi) is 6.56. The molecule has 4 atom stereocenters. The monoisotopic (exact) mass is 421 g/mol.